The van der Waals surface area contributed by atoms with Gasteiger partial charge in [0.05, 0.1) is 24.1 Å². The second-order valence-corrected chi connectivity index (χ2v) is 10.7. The van der Waals surface area contributed by atoms with Gasteiger partial charge in [0, 0.05) is 24.2 Å². The van der Waals surface area contributed by atoms with Crippen LogP contribution in [0.2, 0.25) is 0 Å². The molecule has 0 spiro atoms. The van der Waals surface area contributed by atoms with Crippen molar-refractivity contribution in [3.63, 3.8) is 0 Å². The topological polar surface area (TPSA) is 65.4 Å². The number of nitrogens with one attached hydrogen (secondary N) is 1. The number of benzene rings is 1. The molecule has 3 aromatic rings. The molecule has 0 radical (unpaired) electrons. The van der Waals surface area contributed by atoms with Gasteiger partial charge in [0.15, 0.2) is 0 Å². The number of nitrogens with zero attached hydrogens (tertiary/aromatic N) is 2. The van der Waals surface area contributed by atoms with E-state index in [0.29, 0.717) is 18.4 Å². The number of hydrogen-bond acceptors (Lipinski definition) is 5. The summed E-state index contributed by atoms with van der Waals surface area (Å²) in [5.41, 5.74) is 3.59. The SMILES string of the molecule is CCCCC(CC)CNC(=O)c1cc(-c2csc(COc3ccc(OC)cc3)n2)n(CC(C)C)c1C. The predicted octanol–water partition coefficient (Wildman–Crippen LogP) is 7.11. The van der Waals surface area contributed by atoms with Crippen LogP contribution < -0.4 is 14.8 Å². The van der Waals surface area contributed by atoms with Crippen molar-refractivity contribution in [2.45, 2.75) is 73.5 Å². The van der Waals surface area contributed by atoms with Crippen LogP contribution in [0.4, 0.5) is 0 Å². The highest BCUT2D eigenvalue weighted by molar-refractivity contribution is 7.09. The van der Waals surface area contributed by atoms with Gasteiger partial charge < -0.3 is 19.4 Å². The number of aromatic nitrogens is 2. The van der Waals surface area contributed by atoms with E-state index in [-0.39, 0.29) is 5.91 Å². The van der Waals surface area contributed by atoms with E-state index in [1.807, 2.05) is 37.3 Å². The highest BCUT2D eigenvalue weighted by Crippen LogP contribution is 2.29. The smallest absolute Gasteiger partial charge is 0.253 e. The second-order valence-electron chi connectivity index (χ2n) is 9.75. The molecule has 1 amide bonds. The van der Waals surface area contributed by atoms with Crippen molar-refractivity contribution in [2.24, 2.45) is 11.8 Å². The predicted molar refractivity (Wildman–Crippen MR) is 148 cm³/mol. The van der Waals surface area contributed by atoms with Crippen molar-refractivity contribution in [1.29, 1.82) is 0 Å². The van der Waals surface area contributed by atoms with Crippen LogP contribution in [-0.2, 0) is 13.2 Å². The lowest BCUT2D eigenvalue weighted by molar-refractivity contribution is 0.0945. The Balaban J connectivity index is 1.75. The van der Waals surface area contributed by atoms with Gasteiger partial charge in [0.25, 0.3) is 5.91 Å². The molecule has 36 heavy (non-hydrogen) atoms. The van der Waals surface area contributed by atoms with Crippen LogP contribution in [0, 0.1) is 18.8 Å². The van der Waals surface area contributed by atoms with E-state index >= 15 is 0 Å². The van der Waals surface area contributed by atoms with Gasteiger partial charge in [-0.15, -0.1) is 11.3 Å². The van der Waals surface area contributed by atoms with Gasteiger partial charge in [-0.2, -0.15) is 0 Å². The van der Waals surface area contributed by atoms with Gasteiger partial charge >= 0.3 is 0 Å². The minimum Gasteiger partial charge on any atom is -0.497 e. The number of rotatable bonds is 14. The van der Waals surface area contributed by atoms with Gasteiger partial charge in [-0.25, -0.2) is 4.98 Å². The Labute approximate surface area is 220 Å². The minimum atomic E-state index is 0.00416. The zero-order valence-corrected chi connectivity index (χ0v) is 23.4. The lowest BCUT2D eigenvalue weighted by Crippen LogP contribution is -2.29. The lowest BCUT2D eigenvalue weighted by atomic mass is 9.99. The Hall–Kier alpha value is -2.80. The van der Waals surface area contributed by atoms with Crippen LogP contribution in [-0.4, -0.2) is 29.1 Å². The maximum absolute atomic E-state index is 13.2. The largest absolute Gasteiger partial charge is 0.497 e. The van der Waals surface area contributed by atoms with Crippen LogP contribution in [0.5, 0.6) is 11.5 Å². The molecule has 2 heterocycles. The number of methoxy groups -OCH3 is 1. The fraction of sp³-hybridized carbons (Fsp3) is 0.517. The van der Waals surface area contributed by atoms with Crippen molar-refractivity contribution in [3.8, 4) is 22.9 Å². The minimum absolute atomic E-state index is 0.00416. The molecule has 6 nitrogen and oxygen atoms in total. The van der Waals surface area contributed by atoms with Gasteiger partial charge in [-0.3, -0.25) is 4.79 Å². The third kappa shape index (κ3) is 7.36. The summed E-state index contributed by atoms with van der Waals surface area (Å²) in [6.07, 6.45) is 4.63. The third-order valence-electron chi connectivity index (χ3n) is 6.49. The maximum Gasteiger partial charge on any atom is 0.253 e. The highest BCUT2D eigenvalue weighted by Gasteiger charge is 2.21. The first-order valence-electron chi connectivity index (χ1n) is 13.1. The molecule has 0 saturated heterocycles. The Morgan fingerprint density at radius 1 is 1.17 bits per heavy atom. The Kier molecular flexibility index (Phi) is 10.4. The van der Waals surface area contributed by atoms with E-state index in [1.54, 1.807) is 18.4 Å². The molecule has 1 N–H and O–H groups in total. The summed E-state index contributed by atoms with van der Waals surface area (Å²) in [5, 5.41) is 6.14. The van der Waals surface area contributed by atoms with Gasteiger partial charge in [-0.1, -0.05) is 47.0 Å². The lowest BCUT2D eigenvalue weighted by Gasteiger charge is -2.16. The number of unbranched alkanes of at least 4 members (excludes halogenated alkanes) is 1. The summed E-state index contributed by atoms with van der Waals surface area (Å²) in [5.74, 6) is 2.55. The van der Waals surface area contributed by atoms with E-state index < -0.39 is 0 Å². The normalized spacial score (nSPS) is 12.1. The molecule has 7 heteroatoms. The first kappa shape index (κ1) is 27.8. The van der Waals surface area contributed by atoms with Crippen molar-refractivity contribution in [3.05, 3.63) is 52.0 Å². The van der Waals surface area contributed by atoms with Crippen molar-refractivity contribution in [1.82, 2.24) is 14.9 Å². The fourth-order valence-electron chi connectivity index (χ4n) is 4.28. The molecule has 196 valence electrons. The average Bonchev–Trinajstić information content (AvgIpc) is 3.47. The molecular weight excluding hydrogens is 470 g/mol. The molecule has 3 rings (SSSR count). The van der Waals surface area contributed by atoms with Crippen LogP contribution in [0.15, 0.2) is 35.7 Å². The number of hydrogen-bond donors (Lipinski definition) is 1. The summed E-state index contributed by atoms with van der Waals surface area (Å²) in [4.78, 5) is 18.0. The molecule has 1 unspecified atom stereocenters. The quantitative estimate of drug-likeness (QED) is 0.250. The monoisotopic (exact) mass is 511 g/mol. The Bertz CT molecular complexity index is 1100. The van der Waals surface area contributed by atoms with E-state index in [1.165, 1.54) is 12.8 Å². The van der Waals surface area contributed by atoms with E-state index in [2.05, 4.69) is 43.0 Å². The first-order chi connectivity index (χ1) is 17.4. The Morgan fingerprint density at radius 2 is 1.89 bits per heavy atom. The van der Waals surface area contributed by atoms with Gasteiger partial charge in [0.2, 0.25) is 0 Å². The molecule has 0 aliphatic carbocycles. The van der Waals surface area contributed by atoms with Gasteiger partial charge in [0.1, 0.15) is 23.1 Å². The number of carbonyl (C=O) groups is 1. The maximum atomic E-state index is 13.2. The number of thiazole rings is 1. The van der Waals surface area contributed by atoms with E-state index in [9.17, 15) is 4.79 Å². The summed E-state index contributed by atoms with van der Waals surface area (Å²) in [6, 6.07) is 9.54. The standard InChI is InChI=1S/C29H41N3O3S/c1-7-9-10-22(8-2)16-30-29(33)25-15-27(32(21(25)5)17-20(3)4)26-19-36-28(31-26)18-35-24-13-11-23(34-6)12-14-24/h11-15,19-20,22H,7-10,16-18H2,1-6H3,(H,30,33). The molecule has 1 atom stereocenters. The zero-order valence-electron chi connectivity index (χ0n) is 22.6. The van der Waals surface area contributed by atoms with Crippen LogP contribution in [0.3, 0.4) is 0 Å². The van der Waals surface area contributed by atoms with Crippen molar-refractivity contribution < 1.29 is 14.3 Å². The number of carbonyl (C=O) groups excluding carboxylic acids is 1. The molecular formula is C29H41N3O3S. The highest BCUT2D eigenvalue weighted by atomic mass is 32.1. The summed E-state index contributed by atoms with van der Waals surface area (Å²) >= 11 is 1.57. The molecule has 0 fully saturated rings. The number of amides is 1. The number of ether oxygens (including phenoxy) is 2. The van der Waals surface area contributed by atoms with Gasteiger partial charge in [-0.05, 0) is 55.5 Å². The summed E-state index contributed by atoms with van der Waals surface area (Å²) in [7, 11) is 1.65. The molecule has 0 aliphatic rings. The van der Waals surface area contributed by atoms with Crippen LogP contribution in [0.1, 0.15) is 74.4 Å². The fourth-order valence-corrected chi connectivity index (χ4v) is 4.97. The van der Waals surface area contributed by atoms with Crippen molar-refractivity contribution in [2.75, 3.05) is 13.7 Å². The summed E-state index contributed by atoms with van der Waals surface area (Å²) in [6.45, 7) is 12.8. The van der Waals surface area contributed by atoms with Crippen molar-refractivity contribution >= 4 is 17.2 Å². The first-order valence-corrected chi connectivity index (χ1v) is 13.9. The molecule has 2 aromatic heterocycles. The average molecular weight is 512 g/mol. The molecule has 0 bridgehead atoms. The third-order valence-corrected chi connectivity index (χ3v) is 7.31. The van der Waals surface area contributed by atoms with E-state index in [0.717, 1.165) is 65.1 Å². The zero-order chi connectivity index (χ0) is 26.1. The summed E-state index contributed by atoms with van der Waals surface area (Å²) < 4.78 is 13.4. The molecule has 1 aromatic carbocycles. The molecule has 0 aliphatic heterocycles. The van der Waals surface area contributed by atoms with Crippen LogP contribution in [0.25, 0.3) is 11.4 Å². The Morgan fingerprint density at radius 3 is 2.53 bits per heavy atom. The van der Waals surface area contributed by atoms with Crippen LogP contribution >= 0.6 is 11.3 Å². The van der Waals surface area contributed by atoms with E-state index in [4.69, 9.17) is 14.5 Å². The second kappa shape index (κ2) is 13.5. The molecule has 0 saturated carbocycles.